The Balaban J connectivity index is 1.34. The van der Waals surface area contributed by atoms with E-state index in [0.717, 1.165) is 28.5 Å². The number of rotatable bonds is 5. The van der Waals surface area contributed by atoms with Gasteiger partial charge < -0.3 is 19.4 Å². The van der Waals surface area contributed by atoms with E-state index in [1.54, 1.807) is 31.3 Å². The zero-order valence-electron chi connectivity index (χ0n) is 24.0. The number of aromatic nitrogens is 2. The molecule has 3 aromatic rings. The van der Waals surface area contributed by atoms with Crippen molar-refractivity contribution in [1.29, 1.82) is 0 Å². The summed E-state index contributed by atoms with van der Waals surface area (Å²) in [5.74, 6) is 0.156. The minimum absolute atomic E-state index is 0.107. The number of amides is 1. The molecule has 0 atom stereocenters. The molecule has 40 heavy (non-hydrogen) atoms. The van der Waals surface area contributed by atoms with Crippen LogP contribution in [0.4, 0.5) is 21.6 Å². The van der Waals surface area contributed by atoms with Gasteiger partial charge >= 0.3 is 5.97 Å². The van der Waals surface area contributed by atoms with Crippen LogP contribution in [0.3, 0.4) is 0 Å². The zero-order valence-corrected chi connectivity index (χ0v) is 24.0. The lowest BCUT2D eigenvalue weighted by atomic mass is 9.91. The first-order chi connectivity index (χ1) is 18.9. The van der Waals surface area contributed by atoms with Gasteiger partial charge in [0.1, 0.15) is 17.3 Å². The van der Waals surface area contributed by atoms with Crippen molar-refractivity contribution in [3.63, 3.8) is 0 Å². The van der Waals surface area contributed by atoms with Crippen LogP contribution in [-0.2, 0) is 21.4 Å². The molecule has 1 fully saturated rings. The van der Waals surface area contributed by atoms with Crippen LogP contribution in [-0.4, -0.2) is 65.6 Å². The third kappa shape index (κ3) is 5.12. The predicted octanol–water partition coefficient (Wildman–Crippen LogP) is 4.81. The molecule has 0 unspecified atom stereocenters. The van der Waals surface area contributed by atoms with Gasteiger partial charge in [-0.05, 0) is 62.2 Å². The molecule has 0 radical (unpaired) electrons. The summed E-state index contributed by atoms with van der Waals surface area (Å²) < 4.78 is 19.1. The third-order valence-corrected chi connectivity index (χ3v) is 7.90. The zero-order chi connectivity index (χ0) is 28.8. The number of anilines is 3. The van der Waals surface area contributed by atoms with E-state index in [1.165, 1.54) is 7.11 Å². The number of aryl methyl sites for hydroxylation is 1. The first-order valence-electron chi connectivity index (χ1n) is 13.5. The number of carbonyl (C=O) groups excluding carboxylic acids is 2. The van der Waals surface area contributed by atoms with Crippen molar-refractivity contribution in [1.82, 2.24) is 14.9 Å². The first-order valence-corrected chi connectivity index (χ1v) is 13.5. The first kappa shape index (κ1) is 27.6. The topological polar surface area (TPSA) is 78.9 Å². The molecule has 1 saturated heterocycles. The summed E-state index contributed by atoms with van der Waals surface area (Å²) in [6.07, 6.45) is 1.88. The summed E-state index contributed by atoms with van der Waals surface area (Å²) in [4.78, 5) is 40.9. The maximum Gasteiger partial charge on any atom is 0.310 e. The lowest BCUT2D eigenvalue weighted by molar-refractivity contribution is -0.139. The molecule has 0 bridgehead atoms. The molecule has 0 saturated carbocycles. The van der Waals surface area contributed by atoms with Gasteiger partial charge in [0, 0.05) is 43.5 Å². The summed E-state index contributed by atoms with van der Waals surface area (Å²) in [7, 11) is 1.37. The van der Waals surface area contributed by atoms with Gasteiger partial charge in [0.25, 0.3) is 5.91 Å². The fraction of sp³-hybridized carbons (Fsp3) is 0.419. The van der Waals surface area contributed by atoms with Crippen molar-refractivity contribution >= 4 is 29.1 Å². The highest BCUT2D eigenvalue weighted by Crippen LogP contribution is 2.43. The SMILES string of the molecule is COC(=O)Cc1ccc(N2CCN(C(=O)c3ccc4c(n3)C(C)(C)CN4c3ccc(C)c(F)c3)C(C)(C)C2)nc1. The molecule has 4 heterocycles. The molecule has 0 aliphatic carbocycles. The van der Waals surface area contributed by atoms with Gasteiger partial charge in [0.05, 0.1) is 30.5 Å². The highest BCUT2D eigenvalue weighted by Gasteiger charge is 2.41. The summed E-state index contributed by atoms with van der Waals surface area (Å²) in [5.41, 5.74) is 3.55. The molecular formula is C31H36FN5O3. The Kier molecular flexibility index (Phi) is 7.02. The predicted molar refractivity (Wildman–Crippen MR) is 153 cm³/mol. The largest absolute Gasteiger partial charge is 0.469 e. The molecular weight excluding hydrogens is 509 g/mol. The fourth-order valence-electron chi connectivity index (χ4n) is 5.63. The molecule has 210 valence electrons. The Hall–Kier alpha value is -4.01. The Morgan fingerprint density at radius 1 is 1.02 bits per heavy atom. The highest BCUT2D eigenvalue weighted by molar-refractivity contribution is 5.94. The molecule has 9 heteroatoms. The molecule has 8 nitrogen and oxygen atoms in total. The molecule has 0 N–H and O–H groups in total. The minimum Gasteiger partial charge on any atom is -0.469 e. The number of ether oxygens (including phenoxy) is 1. The van der Waals surface area contributed by atoms with Crippen LogP contribution in [0.5, 0.6) is 0 Å². The Morgan fingerprint density at radius 3 is 2.45 bits per heavy atom. The number of carbonyl (C=O) groups is 2. The molecule has 2 aliphatic heterocycles. The monoisotopic (exact) mass is 545 g/mol. The van der Waals surface area contributed by atoms with Gasteiger partial charge in [-0.25, -0.2) is 14.4 Å². The van der Waals surface area contributed by atoms with E-state index in [9.17, 15) is 14.0 Å². The third-order valence-electron chi connectivity index (χ3n) is 7.90. The number of nitrogens with zero attached hydrogens (tertiary/aromatic N) is 5. The van der Waals surface area contributed by atoms with Crippen LogP contribution in [0.2, 0.25) is 0 Å². The molecule has 2 aromatic heterocycles. The number of halogens is 1. The maximum absolute atomic E-state index is 14.3. The van der Waals surface area contributed by atoms with E-state index in [0.29, 0.717) is 37.4 Å². The Morgan fingerprint density at radius 2 is 1.80 bits per heavy atom. The van der Waals surface area contributed by atoms with Crippen LogP contribution in [0.25, 0.3) is 0 Å². The van der Waals surface area contributed by atoms with Gasteiger partial charge in [0.2, 0.25) is 0 Å². The van der Waals surface area contributed by atoms with E-state index >= 15 is 0 Å². The second kappa shape index (κ2) is 10.2. The van der Waals surface area contributed by atoms with Gasteiger partial charge in [0.15, 0.2) is 0 Å². The van der Waals surface area contributed by atoms with Crippen molar-refractivity contribution in [2.24, 2.45) is 0 Å². The van der Waals surface area contributed by atoms with E-state index in [2.05, 4.69) is 28.6 Å². The number of piperazine rings is 1. The summed E-state index contributed by atoms with van der Waals surface area (Å²) in [6, 6.07) is 12.8. The quantitative estimate of drug-likeness (QED) is 0.426. The van der Waals surface area contributed by atoms with Gasteiger partial charge in [-0.3, -0.25) is 9.59 Å². The minimum atomic E-state index is -0.469. The standard InChI is InChI=1S/C31H36FN5O3/c1-20-7-9-22(16-23(20)32)36-18-30(2,3)28-25(36)11-10-24(34-28)29(39)37-14-13-35(19-31(37,4)5)26-12-8-21(17-33-26)15-27(38)40-6/h7-12,16-17H,13-15,18-19H2,1-6H3. The normalized spacial score (nSPS) is 17.5. The number of pyridine rings is 2. The fourth-order valence-corrected chi connectivity index (χ4v) is 5.63. The molecule has 1 amide bonds. The lowest BCUT2D eigenvalue weighted by Crippen LogP contribution is -2.61. The van der Waals surface area contributed by atoms with E-state index in [-0.39, 0.29) is 29.5 Å². The van der Waals surface area contributed by atoms with Crippen molar-refractivity contribution in [3.05, 3.63) is 77.0 Å². The summed E-state index contributed by atoms with van der Waals surface area (Å²) in [6.45, 7) is 12.4. The maximum atomic E-state index is 14.3. The van der Waals surface area contributed by atoms with Gasteiger partial charge in [-0.1, -0.05) is 26.0 Å². The number of hydrogen-bond donors (Lipinski definition) is 0. The molecule has 1 aromatic carbocycles. The number of methoxy groups -OCH3 is 1. The number of hydrogen-bond acceptors (Lipinski definition) is 7. The number of benzene rings is 1. The van der Waals surface area contributed by atoms with E-state index < -0.39 is 5.54 Å². The number of fused-ring (bicyclic) bond motifs is 1. The van der Waals surface area contributed by atoms with Crippen LogP contribution in [0.15, 0.2) is 48.7 Å². The smallest absolute Gasteiger partial charge is 0.310 e. The average Bonchev–Trinajstić information content (AvgIpc) is 3.19. The van der Waals surface area contributed by atoms with E-state index in [1.807, 2.05) is 43.0 Å². The van der Waals surface area contributed by atoms with Crippen molar-refractivity contribution < 1.29 is 18.7 Å². The Labute approximate surface area is 234 Å². The molecule has 0 spiro atoms. The van der Waals surface area contributed by atoms with Crippen LogP contribution < -0.4 is 9.80 Å². The van der Waals surface area contributed by atoms with Crippen LogP contribution in [0, 0.1) is 12.7 Å². The van der Waals surface area contributed by atoms with Crippen LogP contribution >= 0.6 is 0 Å². The number of esters is 1. The van der Waals surface area contributed by atoms with Crippen molar-refractivity contribution in [2.45, 2.75) is 52.0 Å². The summed E-state index contributed by atoms with van der Waals surface area (Å²) in [5, 5.41) is 0. The van der Waals surface area contributed by atoms with E-state index in [4.69, 9.17) is 9.72 Å². The lowest BCUT2D eigenvalue weighted by Gasteiger charge is -2.47. The second-order valence-corrected chi connectivity index (χ2v) is 11.9. The molecule has 5 rings (SSSR count). The molecule has 2 aliphatic rings. The van der Waals surface area contributed by atoms with Gasteiger partial charge in [-0.15, -0.1) is 0 Å². The highest BCUT2D eigenvalue weighted by atomic mass is 19.1. The van der Waals surface area contributed by atoms with Crippen molar-refractivity contribution in [3.8, 4) is 0 Å². The van der Waals surface area contributed by atoms with Gasteiger partial charge in [-0.2, -0.15) is 0 Å². The summed E-state index contributed by atoms with van der Waals surface area (Å²) >= 11 is 0. The average molecular weight is 546 g/mol. The van der Waals surface area contributed by atoms with Crippen LogP contribution in [0.1, 0.15) is 55.0 Å². The Bertz CT molecular complexity index is 1450. The van der Waals surface area contributed by atoms with Crippen molar-refractivity contribution in [2.75, 3.05) is 43.1 Å². The second-order valence-electron chi connectivity index (χ2n) is 11.9.